The first kappa shape index (κ1) is 18.6. The number of carbonyl (C=O) groups excluding carboxylic acids is 1. The Balaban J connectivity index is 1.55. The first-order valence-electron chi connectivity index (χ1n) is 9.41. The van der Waals surface area contributed by atoms with Crippen molar-refractivity contribution in [3.05, 3.63) is 113 Å². The van der Waals surface area contributed by atoms with Crippen LogP contribution < -0.4 is 5.49 Å². The van der Waals surface area contributed by atoms with E-state index < -0.39 is 5.91 Å². The molecule has 0 fully saturated rings. The summed E-state index contributed by atoms with van der Waals surface area (Å²) in [5, 5.41) is 8.04. The molecule has 4 rings (SSSR count). The van der Waals surface area contributed by atoms with Gasteiger partial charge in [0.1, 0.15) is 5.49 Å². The summed E-state index contributed by atoms with van der Waals surface area (Å²) in [5.41, 5.74) is 4.25. The fraction of sp³-hybridized carbons (Fsp3) is 0.130. The Kier molecular flexibility index (Phi) is 5.42. The van der Waals surface area contributed by atoms with Crippen LogP contribution in [0, 0.1) is 6.92 Å². The third kappa shape index (κ3) is 4.73. The molecule has 0 saturated heterocycles. The van der Waals surface area contributed by atoms with Gasteiger partial charge in [0.25, 0.3) is 0 Å². The molecule has 0 radical (unpaired) electrons. The molecule has 0 aliphatic rings. The average molecular weight is 383 g/mol. The van der Waals surface area contributed by atoms with E-state index in [2.05, 4.69) is 46.5 Å². The summed E-state index contributed by atoms with van der Waals surface area (Å²) in [7, 11) is 0. The number of pyridine rings is 1. The van der Waals surface area contributed by atoms with Gasteiger partial charge in [-0.2, -0.15) is 4.99 Å². The molecule has 29 heavy (non-hydrogen) atoms. The van der Waals surface area contributed by atoms with Gasteiger partial charge in [0.2, 0.25) is 0 Å². The summed E-state index contributed by atoms with van der Waals surface area (Å²) in [6.07, 6.45) is 3.55. The average Bonchev–Trinajstić information content (AvgIpc) is 3.20. The quantitative estimate of drug-likeness (QED) is 0.531. The minimum Gasteiger partial charge on any atom is -0.328 e. The number of nitrogens with zero attached hydrogens (tertiary/aromatic N) is 5. The third-order valence-corrected chi connectivity index (χ3v) is 4.55. The van der Waals surface area contributed by atoms with Gasteiger partial charge in [0.15, 0.2) is 5.69 Å². The molecule has 2 aromatic carbocycles. The molecule has 6 heteroatoms. The van der Waals surface area contributed by atoms with Gasteiger partial charge in [-0.15, -0.1) is 5.10 Å². The molecule has 4 aromatic rings. The number of rotatable bonds is 5. The van der Waals surface area contributed by atoms with Crippen molar-refractivity contribution in [1.29, 1.82) is 0 Å². The van der Waals surface area contributed by atoms with E-state index in [1.807, 2.05) is 59.3 Å². The molecule has 0 N–H and O–H groups in total. The van der Waals surface area contributed by atoms with E-state index in [1.165, 1.54) is 5.56 Å². The Morgan fingerprint density at radius 2 is 1.62 bits per heavy atom. The van der Waals surface area contributed by atoms with Gasteiger partial charge in [0, 0.05) is 12.7 Å². The van der Waals surface area contributed by atoms with Crippen LogP contribution in [0.15, 0.2) is 90.2 Å². The molecule has 6 nitrogen and oxygen atoms in total. The van der Waals surface area contributed by atoms with Crippen molar-refractivity contribution in [1.82, 2.24) is 19.6 Å². The van der Waals surface area contributed by atoms with Crippen molar-refractivity contribution in [2.24, 2.45) is 4.99 Å². The summed E-state index contributed by atoms with van der Waals surface area (Å²) in [6.45, 7) is 3.25. The SMILES string of the molecule is Cc1ccc(Cn2ccccc2=NC(=O)c2cn(Cc3ccccc3)nn2)cc1. The van der Waals surface area contributed by atoms with Gasteiger partial charge in [-0.05, 0) is 30.2 Å². The summed E-state index contributed by atoms with van der Waals surface area (Å²) >= 11 is 0. The van der Waals surface area contributed by atoms with E-state index in [9.17, 15) is 4.79 Å². The van der Waals surface area contributed by atoms with Crippen LogP contribution >= 0.6 is 0 Å². The van der Waals surface area contributed by atoms with E-state index in [1.54, 1.807) is 10.9 Å². The van der Waals surface area contributed by atoms with Crippen LogP contribution in [0.4, 0.5) is 0 Å². The zero-order valence-corrected chi connectivity index (χ0v) is 16.1. The molecule has 0 spiro atoms. The van der Waals surface area contributed by atoms with Crippen LogP contribution in [0.25, 0.3) is 0 Å². The third-order valence-electron chi connectivity index (χ3n) is 4.55. The van der Waals surface area contributed by atoms with Gasteiger partial charge in [-0.25, -0.2) is 4.68 Å². The van der Waals surface area contributed by atoms with Gasteiger partial charge < -0.3 is 4.57 Å². The number of aromatic nitrogens is 4. The van der Waals surface area contributed by atoms with E-state index >= 15 is 0 Å². The van der Waals surface area contributed by atoms with Crippen molar-refractivity contribution in [3.63, 3.8) is 0 Å². The highest BCUT2D eigenvalue weighted by Gasteiger charge is 2.10. The Bertz CT molecular complexity index is 1170. The van der Waals surface area contributed by atoms with E-state index in [-0.39, 0.29) is 5.69 Å². The Labute approximate surface area is 168 Å². The lowest BCUT2D eigenvalue weighted by molar-refractivity contribution is 0.0992. The van der Waals surface area contributed by atoms with E-state index in [0.717, 1.165) is 11.1 Å². The number of hydrogen-bond acceptors (Lipinski definition) is 3. The first-order valence-corrected chi connectivity index (χ1v) is 9.41. The molecule has 0 unspecified atom stereocenters. The zero-order valence-electron chi connectivity index (χ0n) is 16.1. The van der Waals surface area contributed by atoms with Gasteiger partial charge in [0.05, 0.1) is 12.7 Å². The summed E-state index contributed by atoms with van der Waals surface area (Å²) in [6, 6.07) is 23.8. The summed E-state index contributed by atoms with van der Waals surface area (Å²) in [5.74, 6) is -0.409. The molecule has 2 aromatic heterocycles. The number of benzene rings is 2. The maximum Gasteiger partial charge on any atom is 0.301 e. The molecule has 0 aliphatic heterocycles. The minimum absolute atomic E-state index is 0.228. The van der Waals surface area contributed by atoms with Gasteiger partial charge >= 0.3 is 5.91 Å². The van der Waals surface area contributed by atoms with Crippen LogP contribution in [0.3, 0.4) is 0 Å². The van der Waals surface area contributed by atoms with Crippen LogP contribution in [-0.4, -0.2) is 25.5 Å². The molecule has 0 atom stereocenters. The predicted octanol–water partition coefficient (Wildman–Crippen LogP) is 3.23. The first-order chi connectivity index (χ1) is 14.2. The molecule has 144 valence electrons. The normalized spacial score (nSPS) is 11.6. The summed E-state index contributed by atoms with van der Waals surface area (Å²) in [4.78, 5) is 16.9. The number of hydrogen-bond donors (Lipinski definition) is 0. The van der Waals surface area contributed by atoms with Crippen molar-refractivity contribution in [2.75, 3.05) is 0 Å². The zero-order chi connectivity index (χ0) is 20.1. The lowest BCUT2D eigenvalue weighted by Crippen LogP contribution is -2.22. The van der Waals surface area contributed by atoms with Crippen LogP contribution in [0.2, 0.25) is 0 Å². The van der Waals surface area contributed by atoms with Crippen LogP contribution in [0.5, 0.6) is 0 Å². The second-order valence-electron chi connectivity index (χ2n) is 6.88. The van der Waals surface area contributed by atoms with E-state index in [4.69, 9.17) is 0 Å². The van der Waals surface area contributed by atoms with Crippen molar-refractivity contribution >= 4 is 5.91 Å². The Morgan fingerprint density at radius 1 is 0.897 bits per heavy atom. The maximum absolute atomic E-state index is 12.6. The molecule has 0 saturated carbocycles. The second-order valence-corrected chi connectivity index (χ2v) is 6.88. The lowest BCUT2D eigenvalue weighted by atomic mass is 10.1. The van der Waals surface area contributed by atoms with Crippen molar-refractivity contribution in [2.45, 2.75) is 20.0 Å². The fourth-order valence-corrected chi connectivity index (χ4v) is 3.00. The van der Waals surface area contributed by atoms with Crippen LogP contribution in [0.1, 0.15) is 27.2 Å². The lowest BCUT2D eigenvalue weighted by Gasteiger charge is -2.07. The number of aryl methyl sites for hydroxylation is 1. The number of carbonyl (C=O) groups is 1. The Hall–Kier alpha value is -3.80. The second kappa shape index (κ2) is 8.48. The molecular weight excluding hydrogens is 362 g/mol. The highest BCUT2D eigenvalue weighted by molar-refractivity contribution is 5.92. The minimum atomic E-state index is -0.409. The molecule has 1 amide bonds. The highest BCUT2D eigenvalue weighted by Crippen LogP contribution is 2.05. The summed E-state index contributed by atoms with van der Waals surface area (Å²) < 4.78 is 3.58. The Morgan fingerprint density at radius 3 is 2.41 bits per heavy atom. The monoisotopic (exact) mass is 383 g/mol. The molecule has 2 heterocycles. The molecular formula is C23H21N5O. The highest BCUT2D eigenvalue weighted by atomic mass is 16.1. The smallest absolute Gasteiger partial charge is 0.301 e. The largest absolute Gasteiger partial charge is 0.328 e. The van der Waals surface area contributed by atoms with E-state index in [0.29, 0.717) is 18.6 Å². The van der Waals surface area contributed by atoms with Crippen LogP contribution in [-0.2, 0) is 13.1 Å². The van der Waals surface area contributed by atoms with Gasteiger partial charge in [-0.1, -0.05) is 71.4 Å². The van der Waals surface area contributed by atoms with Gasteiger partial charge in [-0.3, -0.25) is 4.79 Å². The van der Waals surface area contributed by atoms with Crippen molar-refractivity contribution in [3.8, 4) is 0 Å². The predicted molar refractivity (Wildman–Crippen MR) is 110 cm³/mol. The molecule has 0 bridgehead atoms. The standard InChI is InChI=1S/C23H21N5O/c1-18-10-12-20(13-11-18)15-27-14-6-5-9-22(27)24-23(29)21-17-28(26-25-21)16-19-7-3-2-4-8-19/h2-14,17H,15-16H2,1H3. The number of amides is 1. The maximum atomic E-state index is 12.6. The van der Waals surface area contributed by atoms with Crippen molar-refractivity contribution < 1.29 is 4.79 Å². The molecule has 0 aliphatic carbocycles. The fourth-order valence-electron chi connectivity index (χ4n) is 3.00. The topological polar surface area (TPSA) is 65.1 Å².